The Labute approximate surface area is 115 Å². The third-order valence-electron chi connectivity index (χ3n) is 2.83. The second-order valence-corrected chi connectivity index (χ2v) is 6.82. The molecule has 0 bridgehead atoms. The first kappa shape index (κ1) is 13.7. The molecule has 1 aromatic heterocycles. The summed E-state index contributed by atoms with van der Waals surface area (Å²) in [6.07, 6.45) is 0. The molecule has 2 aromatic rings. The Morgan fingerprint density at radius 2 is 1.53 bits per heavy atom. The Balaban J connectivity index is 2.63. The highest BCUT2D eigenvalue weighted by Crippen LogP contribution is 2.18. The second kappa shape index (κ2) is 4.44. The lowest BCUT2D eigenvalue weighted by Gasteiger charge is -2.14. The summed E-state index contributed by atoms with van der Waals surface area (Å²) in [5, 5.41) is 9.34. The fourth-order valence-corrected chi connectivity index (χ4v) is 1.78. The average molecular weight is 259 g/mol. The summed E-state index contributed by atoms with van der Waals surface area (Å²) in [7, 11) is 0. The molecule has 1 aromatic carbocycles. The van der Waals surface area contributed by atoms with E-state index in [1.807, 2.05) is 22.9 Å². The summed E-state index contributed by atoms with van der Waals surface area (Å²) in [6, 6.07) is 10.2. The quantitative estimate of drug-likeness (QED) is 0.738. The topological polar surface area (TPSA) is 34.6 Å². The number of benzene rings is 1. The SMILES string of the molecule is CC(C)(C)n1nc(-c2ccccc2)[n+](C(C)(C)C)n1. The first-order valence-electron chi connectivity index (χ1n) is 6.66. The van der Waals surface area contributed by atoms with Crippen LogP contribution < -0.4 is 4.68 Å². The van der Waals surface area contributed by atoms with Gasteiger partial charge in [0, 0.05) is 0 Å². The zero-order valence-corrected chi connectivity index (χ0v) is 12.7. The molecule has 0 unspecified atom stereocenters. The van der Waals surface area contributed by atoms with E-state index in [2.05, 4.69) is 64.0 Å². The normalized spacial score (nSPS) is 12.7. The molecule has 2 rings (SSSR count). The maximum absolute atomic E-state index is 4.69. The van der Waals surface area contributed by atoms with Gasteiger partial charge in [-0.1, -0.05) is 18.2 Å². The highest BCUT2D eigenvalue weighted by Gasteiger charge is 2.34. The molecule has 0 spiro atoms. The molecule has 0 amide bonds. The Kier molecular flexibility index (Phi) is 3.20. The molecule has 0 saturated heterocycles. The van der Waals surface area contributed by atoms with Crippen molar-refractivity contribution in [3.63, 3.8) is 0 Å². The number of aromatic nitrogens is 4. The summed E-state index contributed by atoms with van der Waals surface area (Å²) in [5.74, 6) is 0.906. The highest BCUT2D eigenvalue weighted by molar-refractivity contribution is 5.50. The minimum absolute atomic E-state index is 0.103. The van der Waals surface area contributed by atoms with Gasteiger partial charge in [-0.15, -0.1) is 4.68 Å². The van der Waals surface area contributed by atoms with Crippen LogP contribution in [0, 0.1) is 0 Å². The van der Waals surface area contributed by atoms with E-state index >= 15 is 0 Å². The van der Waals surface area contributed by atoms with E-state index in [0.717, 1.165) is 11.4 Å². The van der Waals surface area contributed by atoms with Crippen LogP contribution in [0.25, 0.3) is 11.4 Å². The van der Waals surface area contributed by atoms with Gasteiger partial charge >= 0.3 is 5.82 Å². The molecule has 4 nitrogen and oxygen atoms in total. The summed E-state index contributed by atoms with van der Waals surface area (Å²) in [6.45, 7) is 12.7. The van der Waals surface area contributed by atoms with E-state index in [0.29, 0.717) is 0 Å². The summed E-state index contributed by atoms with van der Waals surface area (Å²) >= 11 is 0. The van der Waals surface area contributed by atoms with Crippen molar-refractivity contribution < 1.29 is 4.68 Å². The molecule has 0 saturated carbocycles. The first-order chi connectivity index (χ1) is 8.69. The number of nitrogens with zero attached hydrogens (tertiary/aromatic N) is 4. The van der Waals surface area contributed by atoms with Gasteiger partial charge in [0.2, 0.25) is 0 Å². The van der Waals surface area contributed by atoms with Crippen LogP contribution in [0.3, 0.4) is 0 Å². The van der Waals surface area contributed by atoms with Crippen molar-refractivity contribution in [3.05, 3.63) is 30.3 Å². The van der Waals surface area contributed by atoms with Crippen molar-refractivity contribution in [3.8, 4) is 11.4 Å². The Bertz CT molecular complexity index is 556. The number of rotatable bonds is 1. The van der Waals surface area contributed by atoms with E-state index in [1.54, 1.807) is 4.80 Å². The lowest BCUT2D eigenvalue weighted by molar-refractivity contribution is -0.798. The predicted molar refractivity (Wildman–Crippen MR) is 75.6 cm³/mol. The first-order valence-corrected chi connectivity index (χ1v) is 6.66. The van der Waals surface area contributed by atoms with E-state index < -0.39 is 0 Å². The van der Waals surface area contributed by atoms with Gasteiger partial charge in [0.25, 0.3) is 0 Å². The van der Waals surface area contributed by atoms with E-state index in [1.165, 1.54) is 0 Å². The molecule has 0 fully saturated rings. The number of tetrazole rings is 1. The maximum Gasteiger partial charge on any atom is 0.330 e. The fourth-order valence-electron chi connectivity index (χ4n) is 1.78. The summed E-state index contributed by atoms with van der Waals surface area (Å²) < 4.78 is 1.99. The lowest BCUT2D eigenvalue weighted by atomic mass is 10.1. The van der Waals surface area contributed by atoms with Crippen molar-refractivity contribution in [2.24, 2.45) is 0 Å². The van der Waals surface area contributed by atoms with Crippen molar-refractivity contribution in [1.82, 2.24) is 15.1 Å². The van der Waals surface area contributed by atoms with Crippen LogP contribution >= 0.6 is 0 Å². The van der Waals surface area contributed by atoms with Crippen LogP contribution in [0.2, 0.25) is 0 Å². The van der Waals surface area contributed by atoms with Gasteiger partial charge in [-0.25, -0.2) is 0 Å². The third kappa shape index (κ3) is 2.83. The third-order valence-corrected chi connectivity index (χ3v) is 2.83. The van der Waals surface area contributed by atoms with Crippen LogP contribution in [-0.2, 0) is 11.1 Å². The predicted octanol–water partition coefficient (Wildman–Crippen LogP) is 2.74. The Morgan fingerprint density at radius 3 is 2.00 bits per heavy atom. The maximum atomic E-state index is 4.69. The van der Waals surface area contributed by atoms with E-state index in [-0.39, 0.29) is 11.1 Å². The van der Waals surface area contributed by atoms with Gasteiger partial charge in [-0.2, -0.15) is 0 Å². The summed E-state index contributed by atoms with van der Waals surface area (Å²) in [4.78, 5) is 1.79. The fraction of sp³-hybridized carbons (Fsp3) is 0.533. The van der Waals surface area contributed by atoms with Crippen molar-refractivity contribution in [2.75, 3.05) is 0 Å². The minimum atomic E-state index is -0.125. The van der Waals surface area contributed by atoms with Crippen LogP contribution in [0.5, 0.6) is 0 Å². The van der Waals surface area contributed by atoms with Gasteiger partial charge in [-0.3, -0.25) is 0 Å². The molecular formula is C15H23N4+. The monoisotopic (exact) mass is 259 g/mol. The molecule has 0 N–H and O–H groups in total. The van der Waals surface area contributed by atoms with Gasteiger partial charge in [0.1, 0.15) is 11.1 Å². The second-order valence-electron chi connectivity index (χ2n) is 6.82. The van der Waals surface area contributed by atoms with Gasteiger partial charge in [0.05, 0.1) is 15.9 Å². The lowest BCUT2D eigenvalue weighted by Crippen LogP contribution is -2.54. The molecule has 0 aliphatic carbocycles. The highest BCUT2D eigenvalue weighted by atomic mass is 15.7. The molecular weight excluding hydrogens is 236 g/mol. The molecule has 19 heavy (non-hydrogen) atoms. The van der Waals surface area contributed by atoms with Gasteiger partial charge in [0.15, 0.2) is 0 Å². The van der Waals surface area contributed by atoms with Crippen molar-refractivity contribution in [2.45, 2.75) is 52.6 Å². The number of hydrogen-bond acceptors (Lipinski definition) is 2. The van der Waals surface area contributed by atoms with Crippen molar-refractivity contribution >= 4 is 0 Å². The molecule has 102 valence electrons. The Hall–Kier alpha value is -1.71. The molecule has 0 aliphatic rings. The molecule has 0 aliphatic heterocycles. The van der Waals surface area contributed by atoms with E-state index in [4.69, 9.17) is 0 Å². The average Bonchev–Trinajstić information content (AvgIpc) is 2.74. The summed E-state index contributed by atoms with van der Waals surface area (Å²) in [5.41, 5.74) is 0.863. The van der Waals surface area contributed by atoms with Crippen LogP contribution in [0.15, 0.2) is 30.3 Å². The molecule has 4 heteroatoms. The zero-order valence-electron chi connectivity index (χ0n) is 12.7. The largest absolute Gasteiger partial charge is 0.330 e. The standard InChI is InChI=1S/C15H23N4/c1-14(2,3)18-13(12-10-8-7-9-11-12)16-19(17-18)15(4,5)6/h7-11H,1-6H3/q+1. The molecule has 1 heterocycles. The van der Waals surface area contributed by atoms with Crippen LogP contribution in [0.1, 0.15) is 41.5 Å². The Morgan fingerprint density at radius 1 is 0.947 bits per heavy atom. The smallest absolute Gasteiger partial charge is 0.128 e. The zero-order chi connectivity index (χ0) is 14.3. The number of hydrogen-bond donors (Lipinski definition) is 0. The van der Waals surface area contributed by atoms with Gasteiger partial charge < -0.3 is 0 Å². The molecule has 0 radical (unpaired) electrons. The van der Waals surface area contributed by atoms with Crippen LogP contribution in [0.4, 0.5) is 0 Å². The van der Waals surface area contributed by atoms with Crippen molar-refractivity contribution in [1.29, 1.82) is 0 Å². The molecule has 0 atom stereocenters. The van der Waals surface area contributed by atoms with Gasteiger partial charge in [-0.05, 0) is 58.5 Å². The minimum Gasteiger partial charge on any atom is -0.128 e. The van der Waals surface area contributed by atoms with Crippen LogP contribution in [-0.4, -0.2) is 15.1 Å². The van der Waals surface area contributed by atoms with E-state index in [9.17, 15) is 0 Å².